The Morgan fingerprint density at radius 3 is 2.15 bits per heavy atom. The van der Waals surface area contributed by atoms with Crippen LogP contribution in [0.5, 0.6) is 0 Å². The molecule has 1 aromatic carbocycles. The summed E-state index contributed by atoms with van der Waals surface area (Å²) < 4.78 is 0. The predicted molar refractivity (Wildman–Crippen MR) is 56.5 cm³/mol. The highest BCUT2D eigenvalue weighted by atomic mass is 14.9. The van der Waals surface area contributed by atoms with Gasteiger partial charge in [0.25, 0.3) is 0 Å². The van der Waals surface area contributed by atoms with Crippen LogP contribution in [0.3, 0.4) is 0 Å². The first kappa shape index (κ1) is 9.83. The van der Waals surface area contributed by atoms with Crippen molar-refractivity contribution in [2.75, 3.05) is 7.05 Å². The third-order valence-corrected chi connectivity index (χ3v) is 2.03. The molecule has 13 heavy (non-hydrogen) atoms. The first-order valence-electron chi connectivity index (χ1n) is 4.39. The Bertz CT molecular complexity index is 313. The van der Waals surface area contributed by atoms with Crippen LogP contribution in [0.25, 0.3) is 0 Å². The number of nitrogens with one attached hydrogen (secondary N) is 1. The molecule has 0 aliphatic rings. The standard InChI is InChI=1S/C12H15N/c1-5-12(13-4)11-7-9(2)6-10(3)8-11/h1,6-8,12-13H,2-4H3. The molecular formula is C12H15N. The molecule has 0 bridgehead atoms. The van der Waals surface area contributed by atoms with E-state index in [9.17, 15) is 0 Å². The summed E-state index contributed by atoms with van der Waals surface area (Å²) in [5.74, 6) is 2.71. The summed E-state index contributed by atoms with van der Waals surface area (Å²) >= 11 is 0. The maximum atomic E-state index is 5.40. The summed E-state index contributed by atoms with van der Waals surface area (Å²) in [7, 11) is 1.88. The Hall–Kier alpha value is -1.26. The first-order chi connectivity index (χ1) is 6.17. The number of terminal acetylenes is 1. The van der Waals surface area contributed by atoms with Gasteiger partial charge in [-0.2, -0.15) is 0 Å². The Kier molecular flexibility index (Phi) is 3.11. The molecule has 1 heteroatoms. The summed E-state index contributed by atoms with van der Waals surface area (Å²) in [6.45, 7) is 4.17. The fourth-order valence-corrected chi connectivity index (χ4v) is 1.52. The highest BCUT2D eigenvalue weighted by Crippen LogP contribution is 2.15. The molecule has 0 saturated carbocycles. The van der Waals surface area contributed by atoms with Crippen molar-refractivity contribution >= 4 is 0 Å². The van der Waals surface area contributed by atoms with Crippen molar-refractivity contribution in [3.05, 3.63) is 34.9 Å². The highest BCUT2D eigenvalue weighted by Gasteiger charge is 2.05. The second-order valence-corrected chi connectivity index (χ2v) is 3.31. The fraction of sp³-hybridized carbons (Fsp3) is 0.333. The van der Waals surface area contributed by atoms with E-state index in [2.05, 4.69) is 43.3 Å². The van der Waals surface area contributed by atoms with E-state index in [1.165, 1.54) is 16.7 Å². The lowest BCUT2D eigenvalue weighted by molar-refractivity contribution is 0.735. The Morgan fingerprint density at radius 1 is 1.23 bits per heavy atom. The fourth-order valence-electron chi connectivity index (χ4n) is 1.52. The molecule has 0 aliphatic heterocycles. The number of rotatable bonds is 2. The van der Waals surface area contributed by atoms with E-state index in [-0.39, 0.29) is 6.04 Å². The molecule has 0 radical (unpaired) electrons. The van der Waals surface area contributed by atoms with Gasteiger partial charge < -0.3 is 5.32 Å². The van der Waals surface area contributed by atoms with Crippen LogP contribution in [-0.2, 0) is 0 Å². The monoisotopic (exact) mass is 173 g/mol. The van der Waals surface area contributed by atoms with Crippen LogP contribution in [0.4, 0.5) is 0 Å². The lowest BCUT2D eigenvalue weighted by Gasteiger charge is -2.11. The maximum absolute atomic E-state index is 5.40. The molecule has 0 amide bonds. The molecule has 0 aliphatic carbocycles. The molecule has 0 fully saturated rings. The molecule has 0 saturated heterocycles. The molecule has 1 unspecified atom stereocenters. The molecule has 1 aromatic rings. The Balaban J connectivity index is 3.08. The van der Waals surface area contributed by atoms with Gasteiger partial charge in [-0.1, -0.05) is 35.2 Å². The Morgan fingerprint density at radius 2 is 1.77 bits per heavy atom. The lowest BCUT2D eigenvalue weighted by Crippen LogP contribution is -2.14. The molecule has 1 atom stereocenters. The van der Waals surface area contributed by atoms with Gasteiger partial charge in [-0.25, -0.2) is 0 Å². The number of benzene rings is 1. The average Bonchev–Trinajstić information content (AvgIpc) is 2.04. The van der Waals surface area contributed by atoms with E-state index in [1.54, 1.807) is 0 Å². The normalized spacial score (nSPS) is 12.2. The van der Waals surface area contributed by atoms with E-state index in [0.717, 1.165) is 0 Å². The van der Waals surface area contributed by atoms with Crippen molar-refractivity contribution in [2.45, 2.75) is 19.9 Å². The van der Waals surface area contributed by atoms with E-state index < -0.39 is 0 Å². The topological polar surface area (TPSA) is 12.0 Å². The minimum atomic E-state index is 0.0265. The summed E-state index contributed by atoms with van der Waals surface area (Å²) in [5.41, 5.74) is 3.68. The summed E-state index contributed by atoms with van der Waals surface area (Å²) in [5, 5.41) is 3.09. The van der Waals surface area contributed by atoms with Crippen LogP contribution < -0.4 is 5.32 Å². The SMILES string of the molecule is C#CC(NC)c1cc(C)cc(C)c1. The predicted octanol–water partition coefficient (Wildman–Crippen LogP) is 2.20. The number of hydrogen-bond acceptors (Lipinski definition) is 1. The molecule has 1 rings (SSSR count). The molecule has 1 N–H and O–H groups in total. The van der Waals surface area contributed by atoms with E-state index >= 15 is 0 Å². The van der Waals surface area contributed by atoms with Crippen molar-refractivity contribution in [1.29, 1.82) is 0 Å². The van der Waals surface area contributed by atoms with Crippen molar-refractivity contribution in [2.24, 2.45) is 0 Å². The number of hydrogen-bond donors (Lipinski definition) is 1. The second kappa shape index (κ2) is 4.11. The van der Waals surface area contributed by atoms with Crippen LogP contribution in [0.1, 0.15) is 22.7 Å². The van der Waals surface area contributed by atoms with Crippen molar-refractivity contribution in [1.82, 2.24) is 5.32 Å². The molecule has 68 valence electrons. The van der Waals surface area contributed by atoms with E-state index in [1.807, 2.05) is 7.05 Å². The van der Waals surface area contributed by atoms with Gasteiger partial charge in [-0.15, -0.1) is 6.42 Å². The van der Waals surface area contributed by atoms with Crippen LogP contribution in [0, 0.1) is 26.2 Å². The maximum Gasteiger partial charge on any atom is 0.0940 e. The minimum Gasteiger partial charge on any atom is -0.303 e. The lowest BCUT2D eigenvalue weighted by atomic mass is 10.0. The van der Waals surface area contributed by atoms with Gasteiger partial charge in [0.15, 0.2) is 0 Å². The van der Waals surface area contributed by atoms with Gasteiger partial charge in [0.05, 0.1) is 6.04 Å². The van der Waals surface area contributed by atoms with Crippen LogP contribution in [0.15, 0.2) is 18.2 Å². The summed E-state index contributed by atoms with van der Waals surface area (Å²) in [6, 6.07) is 6.41. The van der Waals surface area contributed by atoms with Crippen molar-refractivity contribution < 1.29 is 0 Å². The summed E-state index contributed by atoms with van der Waals surface area (Å²) in [4.78, 5) is 0. The van der Waals surface area contributed by atoms with Crippen molar-refractivity contribution in [3.8, 4) is 12.3 Å². The van der Waals surface area contributed by atoms with Gasteiger partial charge in [0.1, 0.15) is 0 Å². The average molecular weight is 173 g/mol. The van der Waals surface area contributed by atoms with E-state index in [0.29, 0.717) is 0 Å². The quantitative estimate of drug-likeness (QED) is 0.676. The highest BCUT2D eigenvalue weighted by molar-refractivity contribution is 5.33. The Labute approximate surface area is 80.2 Å². The van der Waals surface area contributed by atoms with Gasteiger partial charge in [0.2, 0.25) is 0 Å². The van der Waals surface area contributed by atoms with Gasteiger partial charge in [-0.05, 0) is 26.5 Å². The zero-order valence-corrected chi connectivity index (χ0v) is 8.39. The first-order valence-corrected chi connectivity index (χ1v) is 4.39. The van der Waals surface area contributed by atoms with Gasteiger partial charge >= 0.3 is 0 Å². The zero-order chi connectivity index (χ0) is 9.84. The molecular weight excluding hydrogens is 158 g/mol. The largest absolute Gasteiger partial charge is 0.303 e. The van der Waals surface area contributed by atoms with Gasteiger partial charge in [0, 0.05) is 0 Å². The second-order valence-electron chi connectivity index (χ2n) is 3.31. The zero-order valence-electron chi connectivity index (χ0n) is 8.39. The van der Waals surface area contributed by atoms with Gasteiger partial charge in [-0.3, -0.25) is 0 Å². The third kappa shape index (κ3) is 2.34. The summed E-state index contributed by atoms with van der Waals surface area (Å²) in [6.07, 6.45) is 5.40. The van der Waals surface area contributed by atoms with Crippen LogP contribution in [0.2, 0.25) is 0 Å². The smallest absolute Gasteiger partial charge is 0.0940 e. The molecule has 0 heterocycles. The van der Waals surface area contributed by atoms with Crippen LogP contribution in [-0.4, -0.2) is 7.05 Å². The van der Waals surface area contributed by atoms with Crippen LogP contribution >= 0.6 is 0 Å². The third-order valence-electron chi connectivity index (χ3n) is 2.03. The number of aryl methyl sites for hydroxylation is 2. The minimum absolute atomic E-state index is 0.0265. The molecule has 1 nitrogen and oxygen atoms in total. The molecule has 0 aromatic heterocycles. The van der Waals surface area contributed by atoms with E-state index in [4.69, 9.17) is 6.42 Å². The molecule has 0 spiro atoms. The van der Waals surface area contributed by atoms with Crippen molar-refractivity contribution in [3.63, 3.8) is 0 Å².